The van der Waals surface area contributed by atoms with Crippen LogP contribution in [0.2, 0.25) is 0 Å². The summed E-state index contributed by atoms with van der Waals surface area (Å²) in [6.07, 6.45) is 1.46. The molecular formula is C19H24FN3O4S. The first-order valence-electron chi connectivity index (χ1n) is 9.49. The number of hydrogen-bond donors (Lipinski definition) is 0. The molecule has 2 saturated heterocycles. The maximum absolute atomic E-state index is 13.2. The zero-order chi connectivity index (χ0) is 19.9. The molecule has 7 nitrogen and oxygen atoms in total. The maximum Gasteiger partial charge on any atom is 0.243 e. The average molecular weight is 409 g/mol. The zero-order valence-corrected chi connectivity index (χ0v) is 16.8. The summed E-state index contributed by atoms with van der Waals surface area (Å²) >= 11 is 0. The Hall–Kier alpha value is -1.84. The Morgan fingerprint density at radius 1 is 1.18 bits per heavy atom. The predicted octanol–water partition coefficient (Wildman–Crippen LogP) is 2.92. The van der Waals surface area contributed by atoms with Crippen LogP contribution in [0.25, 0.3) is 0 Å². The highest BCUT2D eigenvalue weighted by Gasteiger charge is 2.53. The first kappa shape index (κ1) is 19.5. The minimum absolute atomic E-state index is 0.0881. The minimum atomic E-state index is -3.75. The molecule has 1 unspecified atom stereocenters. The molecule has 0 N–H and O–H groups in total. The smallest absolute Gasteiger partial charge is 0.243 e. The summed E-state index contributed by atoms with van der Waals surface area (Å²) in [5.74, 6) is 0.490. The van der Waals surface area contributed by atoms with Crippen LogP contribution in [0.4, 0.5) is 4.39 Å². The van der Waals surface area contributed by atoms with Crippen LogP contribution >= 0.6 is 0 Å². The molecule has 1 spiro atoms. The number of aromatic nitrogens is 2. The van der Waals surface area contributed by atoms with Crippen LogP contribution in [0.1, 0.15) is 50.3 Å². The summed E-state index contributed by atoms with van der Waals surface area (Å²) in [6, 6.07) is 4.94. The average Bonchev–Trinajstić information content (AvgIpc) is 3.28. The van der Waals surface area contributed by atoms with Crippen molar-refractivity contribution in [2.45, 2.75) is 43.4 Å². The van der Waals surface area contributed by atoms with E-state index in [0.717, 1.165) is 25.0 Å². The van der Waals surface area contributed by atoms with Gasteiger partial charge in [-0.25, -0.2) is 12.8 Å². The summed E-state index contributed by atoms with van der Waals surface area (Å²) in [7, 11) is -3.75. The molecule has 2 aliphatic heterocycles. The van der Waals surface area contributed by atoms with Gasteiger partial charge in [0.15, 0.2) is 0 Å². The normalized spacial score (nSPS) is 22.9. The van der Waals surface area contributed by atoms with Crippen LogP contribution in [-0.2, 0) is 14.8 Å². The van der Waals surface area contributed by atoms with E-state index in [-0.39, 0.29) is 28.7 Å². The monoisotopic (exact) mass is 409 g/mol. The molecule has 2 aliphatic rings. The van der Waals surface area contributed by atoms with Gasteiger partial charge in [-0.15, -0.1) is 10.2 Å². The second kappa shape index (κ2) is 7.20. The van der Waals surface area contributed by atoms with Gasteiger partial charge in [0.1, 0.15) is 5.82 Å². The van der Waals surface area contributed by atoms with Gasteiger partial charge in [-0.05, 0) is 37.1 Å². The molecular weight excluding hydrogens is 385 g/mol. The van der Waals surface area contributed by atoms with Crippen molar-refractivity contribution in [1.29, 1.82) is 0 Å². The lowest BCUT2D eigenvalue weighted by molar-refractivity contribution is 0.0110. The quantitative estimate of drug-likeness (QED) is 0.772. The van der Waals surface area contributed by atoms with Crippen LogP contribution in [0.15, 0.2) is 33.6 Å². The number of halogens is 1. The second-order valence-corrected chi connectivity index (χ2v) is 9.85. The Bertz CT molecular complexity index is 936. The fraction of sp³-hybridized carbons (Fsp3) is 0.579. The molecule has 2 fully saturated rings. The number of benzene rings is 1. The molecule has 0 bridgehead atoms. The lowest BCUT2D eigenvalue weighted by Crippen LogP contribution is -2.37. The number of ether oxygens (including phenoxy) is 1. The van der Waals surface area contributed by atoms with Gasteiger partial charge in [0.25, 0.3) is 0 Å². The van der Waals surface area contributed by atoms with Gasteiger partial charge in [-0.2, -0.15) is 4.31 Å². The van der Waals surface area contributed by atoms with E-state index < -0.39 is 15.8 Å². The van der Waals surface area contributed by atoms with Crippen molar-refractivity contribution in [3.8, 4) is 0 Å². The third kappa shape index (κ3) is 3.35. The number of rotatable bonds is 4. The van der Waals surface area contributed by atoms with Crippen molar-refractivity contribution in [3.05, 3.63) is 41.9 Å². The second-order valence-electron chi connectivity index (χ2n) is 7.91. The molecule has 1 aromatic carbocycles. The molecule has 3 heterocycles. The molecule has 152 valence electrons. The Labute approximate surface area is 163 Å². The Morgan fingerprint density at radius 3 is 2.46 bits per heavy atom. The molecule has 4 rings (SSSR count). The summed E-state index contributed by atoms with van der Waals surface area (Å²) < 4.78 is 52.5. The lowest BCUT2D eigenvalue weighted by atomic mass is 9.72. The van der Waals surface area contributed by atoms with E-state index >= 15 is 0 Å². The van der Waals surface area contributed by atoms with Crippen LogP contribution < -0.4 is 0 Å². The fourth-order valence-corrected chi connectivity index (χ4v) is 5.66. The van der Waals surface area contributed by atoms with Gasteiger partial charge in [0.2, 0.25) is 21.8 Å². The highest BCUT2D eigenvalue weighted by molar-refractivity contribution is 7.89. The molecule has 28 heavy (non-hydrogen) atoms. The summed E-state index contributed by atoms with van der Waals surface area (Å²) in [4.78, 5) is 0.0881. The Morgan fingerprint density at radius 2 is 1.86 bits per heavy atom. The number of sulfonamides is 1. The van der Waals surface area contributed by atoms with Crippen molar-refractivity contribution in [3.63, 3.8) is 0 Å². The standard InChI is InChI=1S/C19H24FN3O4S/c1-13(2)17-21-22-18(27-17)16-11-23(12-19(16)7-9-26-10-8-19)28(24,25)15-5-3-14(20)4-6-15/h3-6,13,16H,7-12H2,1-2H3. The lowest BCUT2D eigenvalue weighted by Gasteiger charge is -2.36. The van der Waals surface area contributed by atoms with Crippen molar-refractivity contribution in [2.24, 2.45) is 5.41 Å². The van der Waals surface area contributed by atoms with E-state index in [4.69, 9.17) is 9.15 Å². The number of hydrogen-bond acceptors (Lipinski definition) is 6. The summed E-state index contributed by atoms with van der Waals surface area (Å²) in [5.41, 5.74) is -0.299. The van der Waals surface area contributed by atoms with Gasteiger partial charge in [0.05, 0.1) is 10.8 Å². The maximum atomic E-state index is 13.2. The molecule has 0 radical (unpaired) electrons. The van der Waals surface area contributed by atoms with Gasteiger partial charge >= 0.3 is 0 Å². The SMILES string of the molecule is CC(C)c1nnc(C2CN(S(=O)(=O)c3ccc(F)cc3)CC23CCOCC3)o1. The van der Waals surface area contributed by atoms with Crippen LogP contribution in [-0.4, -0.2) is 49.2 Å². The third-order valence-electron chi connectivity index (χ3n) is 5.80. The van der Waals surface area contributed by atoms with E-state index in [0.29, 0.717) is 31.5 Å². The van der Waals surface area contributed by atoms with E-state index in [9.17, 15) is 12.8 Å². The molecule has 0 amide bonds. The van der Waals surface area contributed by atoms with Crippen molar-refractivity contribution >= 4 is 10.0 Å². The van der Waals surface area contributed by atoms with E-state index in [2.05, 4.69) is 10.2 Å². The van der Waals surface area contributed by atoms with E-state index in [1.807, 2.05) is 13.8 Å². The molecule has 1 aromatic heterocycles. The zero-order valence-electron chi connectivity index (χ0n) is 16.0. The number of nitrogens with zero attached hydrogens (tertiary/aromatic N) is 3. The molecule has 1 atom stereocenters. The Balaban J connectivity index is 1.68. The topological polar surface area (TPSA) is 85.5 Å². The van der Waals surface area contributed by atoms with Gasteiger partial charge in [-0.1, -0.05) is 13.8 Å². The van der Waals surface area contributed by atoms with Crippen molar-refractivity contribution in [2.75, 3.05) is 26.3 Å². The van der Waals surface area contributed by atoms with Crippen LogP contribution in [0.3, 0.4) is 0 Å². The highest BCUT2D eigenvalue weighted by Crippen LogP contribution is 2.50. The summed E-state index contributed by atoms with van der Waals surface area (Å²) in [6.45, 7) is 5.72. The minimum Gasteiger partial charge on any atom is -0.425 e. The van der Waals surface area contributed by atoms with Gasteiger partial charge < -0.3 is 9.15 Å². The largest absolute Gasteiger partial charge is 0.425 e. The van der Waals surface area contributed by atoms with Crippen molar-refractivity contribution < 1.29 is 22.0 Å². The molecule has 2 aromatic rings. The summed E-state index contributed by atoms with van der Waals surface area (Å²) in [5, 5.41) is 8.38. The first-order chi connectivity index (χ1) is 13.3. The van der Waals surface area contributed by atoms with Gasteiger partial charge in [-0.3, -0.25) is 0 Å². The van der Waals surface area contributed by atoms with Crippen LogP contribution in [0, 0.1) is 11.2 Å². The Kier molecular flexibility index (Phi) is 5.01. The molecule has 9 heteroatoms. The molecule has 0 aliphatic carbocycles. The van der Waals surface area contributed by atoms with E-state index in [1.54, 1.807) is 0 Å². The predicted molar refractivity (Wildman–Crippen MR) is 98.8 cm³/mol. The van der Waals surface area contributed by atoms with Crippen molar-refractivity contribution in [1.82, 2.24) is 14.5 Å². The fourth-order valence-electron chi connectivity index (χ4n) is 4.11. The van der Waals surface area contributed by atoms with E-state index in [1.165, 1.54) is 16.4 Å². The van der Waals surface area contributed by atoms with Crippen LogP contribution in [0.5, 0.6) is 0 Å². The molecule has 0 saturated carbocycles. The third-order valence-corrected chi connectivity index (χ3v) is 7.63. The van der Waals surface area contributed by atoms with Gasteiger partial charge in [0, 0.05) is 37.6 Å². The highest BCUT2D eigenvalue weighted by atomic mass is 32.2. The first-order valence-corrected chi connectivity index (χ1v) is 10.9.